The van der Waals surface area contributed by atoms with Crippen LogP contribution in [-0.2, 0) is 5.41 Å². The Morgan fingerprint density at radius 3 is 1.98 bits per heavy atom. The first-order chi connectivity index (χ1) is 26.5. The number of hydrogen-bond acceptors (Lipinski definition) is 1. The molecule has 0 spiro atoms. The maximum Gasteiger partial charge on any atom is 0.0967 e. The summed E-state index contributed by atoms with van der Waals surface area (Å²) in [6.07, 6.45) is 12.1. The lowest BCUT2D eigenvalue weighted by molar-refractivity contribution is 0.660. The quantitative estimate of drug-likeness (QED) is 0.119. The van der Waals surface area contributed by atoms with Crippen molar-refractivity contribution in [1.82, 2.24) is 4.57 Å². The zero-order valence-corrected chi connectivity index (χ0v) is 30.8. The smallest absolute Gasteiger partial charge is 0.0967 e. The van der Waals surface area contributed by atoms with E-state index >= 15 is 0 Å². The molecule has 0 radical (unpaired) electrons. The van der Waals surface area contributed by atoms with Gasteiger partial charge < -0.3 is 9.47 Å². The highest BCUT2D eigenvalue weighted by molar-refractivity contribution is 6.11. The second-order valence-electron chi connectivity index (χ2n) is 14.5. The summed E-state index contributed by atoms with van der Waals surface area (Å²) in [4.78, 5) is 2.36. The fourth-order valence-electron chi connectivity index (χ4n) is 8.32. The number of allylic oxidation sites excluding steroid dienone is 4. The van der Waals surface area contributed by atoms with Gasteiger partial charge in [0.1, 0.15) is 0 Å². The summed E-state index contributed by atoms with van der Waals surface area (Å²) in [7, 11) is 0. The zero-order chi connectivity index (χ0) is 36.8. The monoisotopic (exact) mass is 692 g/mol. The Bertz CT molecular complexity index is 2800. The summed E-state index contributed by atoms with van der Waals surface area (Å²) in [5, 5.41) is 2.37. The van der Waals surface area contributed by atoms with E-state index in [1.54, 1.807) is 0 Å². The summed E-state index contributed by atoms with van der Waals surface area (Å²) in [6.45, 7) is 6.68. The second kappa shape index (κ2) is 13.3. The highest BCUT2D eigenvalue weighted by atomic mass is 15.1. The van der Waals surface area contributed by atoms with E-state index in [1.807, 2.05) is 25.2 Å². The topological polar surface area (TPSA) is 8.17 Å². The molecule has 0 atom stereocenters. The Balaban J connectivity index is 1.09. The van der Waals surface area contributed by atoms with Gasteiger partial charge in [-0.3, -0.25) is 0 Å². The van der Waals surface area contributed by atoms with Gasteiger partial charge in [0, 0.05) is 33.2 Å². The number of aromatic nitrogens is 1. The Kier molecular flexibility index (Phi) is 8.14. The minimum absolute atomic E-state index is 0.0764. The average Bonchev–Trinajstić information content (AvgIpc) is 3.67. The molecule has 0 aliphatic heterocycles. The molecular formula is C52H40N2. The Morgan fingerprint density at radius 2 is 1.19 bits per heavy atom. The van der Waals surface area contributed by atoms with Gasteiger partial charge in [0.25, 0.3) is 0 Å². The number of nitrogens with zero attached hydrogens (tertiary/aromatic N) is 2. The first-order valence-electron chi connectivity index (χ1n) is 18.6. The molecule has 2 heteroatoms. The van der Waals surface area contributed by atoms with Crippen LogP contribution in [0.2, 0.25) is 0 Å². The van der Waals surface area contributed by atoms with Gasteiger partial charge in [0.2, 0.25) is 0 Å². The van der Waals surface area contributed by atoms with E-state index in [9.17, 15) is 0 Å². The fourth-order valence-corrected chi connectivity index (χ4v) is 8.32. The molecule has 258 valence electrons. The molecule has 0 saturated carbocycles. The number of hydrogen-bond donors (Lipinski definition) is 0. The van der Waals surface area contributed by atoms with Crippen molar-refractivity contribution in [3.63, 3.8) is 0 Å². The second-order valence-corrected chi connectivity index (χ2v) is 14.5. The first kappa shape index (κ1) is 33.0. The molecule has 1 heterocycles. The third-order valence-corrected chi connectivity index (χ3v) is 11.0. The van der Waals surface area contributed by atoms with Gasteiger partial charge >= 0.3 is 0 Å². The minimum atomic E-state index is -0.0764. The van der Waals surface area contributed by atoms with Crippen LogP contribution in [0.4, 0.5) is 17.1 Å². The molecule has 0 amide bonds. The van der Waals surface area contributed by atoms with Crippen molar-refractivity contribution in [2.45, 2.75) is 26.2 Å². The molecule has 7 aromatic carbocycles. The van der Waals surface area contributed by atoms with Crippen molar-refractivity contribution in [1.29, 1.82) is 0 Å². The zero-order valence-electron chi connectivity index (χ0n) is 30.8. The molecule has 0 unspecified atom stereocenters. The van der Waals surface area contributed by atoms with E-state index in [1.165, 1.54) is 44.2 Å². The number of anilines is 3. The van der Waals surface area contributed by atoms with Gasteiger partial charge in [-0.1, -0.05) is 141 Å². The van der Waals surface area contributed by atoms with Crippen LogP contribution >= 0.6 is 0 Å². The van der Waals surface area contributed by atoms with Crippen LogP contribution in [0, 0.1) is 12.3 Å². The predicted octanol–water partition coefficient (Wildman–Crippen LogP) is 14.0. The maximum atomic E-state index is 6.09. The van der Waals surface area contributed by atoms with Crippen molar-refractivity contribution in [2.75, 3.05) is 4.90 Å². The van der Waals surface area contributed by atoms with E-state index < -0.39 is 0 Å². The van der Waals surface area contributed by atoms with E-state index in [0.717, 1.165) is 44.9 Å². The first-order valence-corrected chi connectivity index (χ1v) is 18.6. The minimum Gasteiger partial charge on any atom is -0.310 e. The van der Waals surface area contributed by atoms with Gasteiger partial charge in [0.15, 0.2) is 0 Å². The van der Waals surface area contributed by atoms with Crippen LogP contribution in [-0.4, -0.2) is 4.57 Å². The molecular weight excluding hydrogens is 653 g/mol. The van der Waals surface area contributed by atoms with Crippen LogP contribution in [0.25, 0.3) is 60.9 Å². The largest absolute Gasteiger partial charge is 0.310 e. The van der Waals surface area contributed by atoms with E-state index in [4.69, 9.17) is 6.42 Å². The lowest BCUT2D eigenvalue weighted by Gasteiger charge is -2.28. The summed E-state index contributed by atoms with van der Waals surface area (Å²) in [5.41, 5.74) is 16.4. The van der Waals surface area contributed by atoms with Crippen molar-refractivity contribution >= 4 is 44.6 Å². The molecule has 0 fully saturated rings. The standard InChI is InChI=1S/C52H40N2/c1-5-7-18-40(6-2)54-50-24-14-12-22-46(50)47-31-27-39(34-51(47)54)38-17-15-16-37(33-38)36-25-28-42(29-26-36)53(41-19-9-8-10-20-41)43-30-32-45-44-21-11-13-23-48(44)52(3,4)49(45)35-43/h2,5,7-35H,1,3-4H3/b7-5-,40-18+. The summed E-state index contributed by atoms with van der Waals surface area (Å²) >= 11 is 0. The number of rotatable bonds is 7. The van der Waals surface area contributed by atoms with Crippen molar-refractivity contribution in [2.24, 2.45) is 0 Å². The molecule has 1 aromatic heterocycles. The van der Waals surface area contributed by atoms with E-state index in [0.29, 0.717) is 0 Å². The summed E-state index contributed by atoms with van der Waals surface area (Å²) in [6, 6.07) is 59.4. The number of fused-ring (bicyclic) bond motifs is 6. The fraction of sp³-hybridized carbons (Fsp3) is 0.0769. The summed E-state index contributed by atoms with van der Waals surface area (Å²) in [5.74, 6) is 2.93. The molecule has 0 saturated heterocycles. The molecule has 8 aromatic rings. The van der Waals surface area contributed by atoms with Gasteiger partial charge in [-0.25, -0.2) is 0 Å². The van der Waals surface area contributed by atoms with Gasteiger partial charge in [-0.05, 0) is 112 Å². The molecule has 54 heavy (non-hydrogen) atoms. The lowest BCUT2D eigenvalue weighted by Crippen LogP contribution is -2.16. The Hall–Kier alpha value is -6.82. The molecule has 0 N–H and O–H groups in total. The van der Waals surface area contributed by atoms with Crippen molar-refractivity contribution in [3.05, 3.63) is 193 Å². The van der Waals surface area contributed by atoms with Crippen molar-refractivity contribution in [3.8, 4) is 45.7 Å². The van der Waals surface area contributed by atoms with E-state index in [-0.39, 0.29) is 5.41 Å². The molecule has 0 bridgehead atoms. The Labute approximate surface area is 318 Å². The van der Waals surface area contributed by atoms with Crippen LogP contribution in [0.5, 0.6) is 0 Å². The number of benzene rings is 7. The number of para-hydroxylation sites is 2. The third kappa shape index (κ3) is 5.45. The highest BCUT2D eigenvalue weighted by Gasteiger charge is 2.35. The maximum absolute atomic E-state index is 6.09. The molecule has 1 aliphatic rings. The Morgan fingerprint density at radius 1 is 0.556 bits per heavy atom. The van der Waals surface area contributed by atoms with Gasteiger partial charge in [-0.15, -0.1) is 6.42 Å². The van der Waals surface area contributed by atoms with Crippen LogP contribution in [0.1, 0.15) is 31.9 Å². The van der Waals surface area contributed by atoms with E-state index in [2.05, 4.69) is 193 Å². The predicted molar refractivity (Wildman–Crippen MR) is 230 cm³/mol. The highest BCUT2D eigenvalue weighted by Crippen LogP contribution is 2.50. The molecule has 1 aliphatic carbocycles. The molecule has 9 rings (SSSR count). The van der Waals surface area contributed by atoms with Gasteiger partial charge in [0.05, 0.1) is 16.7 Å². The lowest BCUT2D eigenvalue weighted by atomic mass is 9.82. The van der Waals surface area contributed by atoms with Crippen LogP contribution in [0.3, 0.4) is 0 Å². The molecule has 2 nitrogen and oxygen atoms in total. The van der Waals surface area contributed by atoms with Gasteiger partial charge in [-0.2, -0.15) is 0 Å². The average molecular weight is 693 g/mol. The van der Waals surface area contributed by atoms with Crippen LogP contribution in [0.15, 0.2) is 182 Å². The number of terminal acetylenes is 1. The summed E-state index contributed by atoms with van der Waals surface area (Å²) < 4.78 is 2.20. The van der Waals surface area contributed by atoms with Crippen LogP contribution < -0.4 is 4.90 Å². The SMILES string of the molecule is C#C/C(=C\C=C/C)n1c2ccccc2c2ccc(-c3cccc(-c4ccc(N(c5ccccc5)c5ccc6c(c5)C(C)(C)c5ccccc5-6)cc4)c3)cc21. The third-order valence-electron chi connectivity index (χ3n) is 11.0. The van der Waals surface area contributed by atoms with Crippen molar-refractivity contribution < 1.29 is 0 Å². The normalized spacial score (nSPS) is 13.3.